The Hall–Kier alpha value is -1.97. The molecule has 1 fully saturated rings. The van der Waals surface area contributed by atoms with Crippen LogP contribution in [0, 0.1) is 0 Å². The number of guanidine groups is 1. The van der Waals surface area contributed by atoms with Gasteiger partial charge in [0.25, 0.3) is 5.91 Å². The molecule has 0 radical (unpaired) electrons. The number of nitrogens with two attached hydrogens (primary N) is 2. The van der Waals surface area contributed by atoms with Crippen molar-refractivity contribution in [3.05, 3.63) is 28.8 Å². The maximum Gasteiger partial charge on any atom is 0.280 e. The maximum absolute atomic E-state index is 12.5. The molecule has 0 atom stereocenters. The van der Waals surface area contributed by atoms with Crippen molar-refractivity contribution in [2.45, 2.75) is 24.0 Å². The smallest absolute Gasteiger partial charge is 0.280 e. The molecule has 4 N–H and O–H groups in total. The molecule has 0 unspecified atom stereocenters. The first kappa shape index (κ1) is 15.9. The van der Waals surface area contributed by atoms with Crippen LogP contribution in [0.4, 0.5) is 0 Å². The van der Waals surface area contributed by atoms with Gasteiger partial charge in [0.05, 0.1) is 18.1 Å². The molecule has 124 valence electrons. The molecule has 3 rings (SSSR count). The van der Waals surface area contributed by atoms with Gasteiger partial charge in [0, 0.05) is 11.1 Å². The highest BCUT2D eigenvalue weighted by Crippen LogP contribution is 2.45. The molecule has 0 aliphatic carbocycles. The fourth-order valence-electron chi connectivity index (χ4n) is 2.95. The summed E-state index contributed by atoms with van der Waals surface area (Å²) in [4.78, 5) is 15.7. The van der Waals surface area contributed by atoms with Gasteiger partial charge in [0.1, 0.15) is 5.75 Å². The predicted molar refractivity (Wildman–Crippen MR) is 81.6 cm³/mol. The Labute approximate surface area is 133 Å². The second-order valence-electron chi connectivity index (χ2n) is 5.41. The van der Waals surface area contributed by atoms with Crippen molar-refractivity contribution in [2.24, 2.45) is 16.5 Å². The average Bonchev–Trinajstić information content (AvgIpc) is 3.01. The standard InChI is InChI=1S/C14H17N3O5S/c1-2-8-5-10-11(6-9(8)12(18)17-13(15)16)23(19,20)7-14(10)21-3-4-22-14/h5-6H,2-4,7H2,1H3,(H4,15,16,17,18). The summed E-state index contributed by atoms with van der Waals surface area (Å²) in [6, 6.07) is 2.96. The summed E-state index contributed by atoms with van der Waals surface area (Å²) < 4.78 is 36.1. The van der Waals surface area contributed by atoms with E-state index in [0.29, 0.717) is 30.8 Å². The Morgan fingerprint density at radius 3 is 2.52 bits per heavy atom. The van der Waals surface area contributed by atoms with Gasteiger partial charge in [-0.2, -0.15) is 4.99 Å². The highest BCUT2D eigenvalue weighted by molar-refractivity contribution is 7.91. The summed E-state index contributed by atoms with van der Waals surface area (Å²) in [7, 11) is -3.62. The molecular formula is C14H17N3O5S. The number of carbonyl (C=O) groups excluding carboxylic acids is 1. The Kier molecular flexibility index (Phi) is 3.66. The molecule has 1 aromatic carbocycles. The van der Waals surface area contributed by atoms with Crippen LogP contribution in [0.5, 0.6) is 0 Å². The molecule has 1 saturated heterocycles. The number of aryl methyl sites for hydroxylation is 1. The van der Waals surface area contributed by atoms with Crippen molar-refractivity contribution in [3.8, 4) is 0 Å². The fourth-order valence-corrected chi connectivity index (χ4v) is 4.77. The van der Waals surface area contributed by atoms with Gasteiger partial charge in [0.2, 0.25) is 5.79 Å². The molecule has 0 aromatic heterocycles. The third-order valence-electron chi connectivity index (χ3n) is 3.93. The van der Waals surface area contributed by atoms with E-state index >= 15 is 0 Å². The van der Waals surface area contributed by atoms with E-state index in [4.69, 9.17) is 20.9 Å². The maximum atomic E-state index is 12.5. The summed E-state index contributed by atoms with van der Waals surface area (Å²) in [5.41, 5.74) is 11.7. The predicted octanol–water partition coefficient (Wildman–Crippen LogP) is -0.350. The molecule has 2 aliphatic heterocycles. The van der Waals surface area contributed by atoms with Gasteiger partial charge in [-0.15, -0.1) is 0 Å². The number of carbonyl (C=O) groups is 1. The zero-order valence-electron chi connectivity index (χ0n) is 12.5. The van der Waals surface area contributed by atoms with Crippen LogP contribution in [0.1, 0.15) is 28.4 Å². The number of rotatable bonds is 2. The molecular weight excluding hydrogens is 322 g/mol. The first-order valence-corrected chi connectivity index (χ1v) is 8.76. The van der Waals surface area contributed by atoms with Gasteiger partial charge in [0.15, 0.2) is 15.8 Å². The average molecular weight is 339 g/mol. The van der Waals surface area contributed by atoms with Crippen molar-refractivity contribution >= 4 is 21.7 Å². The van der Waals surface area contributed by atoms with Gasteiger partial charge in [-0.05, 0) is 24.1 Å². The number of nitrogens with zero attached hydrogens (tertiary/aromatic N) is 1. The number of ether oxygens (including phenoxy) is 2. The van der Waals surface area contributed by atoms with Crippen molar-refractivity contribution in [3.63, 3.8) is 0 Å². The number of benzene rings is 1. The SMILES string of the molecule is CCc1cc2c(cc1C(=O)N=C(N)N)S(=O)(=O)CC21OCCO1. The molecule has 9 heteroatoms. The Bertz CT molecular complexity index is 806. The third-order valence-corrected chi connectivity index (χ3v) is 5.69. The van der Waals surface area contributed by atoms with E-state index in [9.17, 15) is 13.2 Å². The van der Waals surface area contributed by atoms with Crippen molar-refractivity contribution < 1.29 is 22.7 Å². The molecule has 0 bridgehead atoms. The lowest BCUT2D eigenvalue weighted by Crippen LogP contribution is -2.29. The summed E-state index contributed by atoms with van der Waals surface area (Å²) in [5.74, 6) is -2.61. The van der Waals surface area contributed by atoms with Crippen LogP contribution < -0.4 is 11.5 Å². The zero-order valence-corrected chi connectivity index (χ0v) is 13.4. The number of amides is 1. The summed E-state index contributed by atoms with van der Waals surface area (Å²) in [6.07, 6.45) is 0.504. The van der Waals surface area contributed by atoms with E-state index in [1.165, 1.54) is 6.07 Å². The van der Waals surface area contributed by atoms with Gasteiger partial charge in [-0.25, -0.2) is 8.42 Å². The first-order valence-electron chi connectivity index (χ1n) is 7.11. The largest absolute Gasteiger partial charge is 0.370 e. The van der Waals surface area contributed by atoms with Crippen molar-refractivity contribution in [1.82, 2.24) is 0 Å². The Balaban J connectivity index is 2.22. The van der Waals surface area contributed by atoms with Crippen LogP contribution in [-0.4, -0.2) is 39.3 Å². The van der Waals surface area contributed by atoms with E-state index in [1.54, 1.807) is 6.07 Å². The van der Waals surface area contributed by atoms with Crippen LogP contribution in [0.15, 0.2) is 22.0 Å². The topological polar surface area (TPSA) is 134 Å². The van der Waals surface area contributed by atoms with Gasteiger partial charge in [-0.3, -0.25) is 4.79 Å². The van der Waals surface area contributed by atoms with E-state index < -0.39 is 21.5 Å². The van der Waals surface area contributed by atoms with E-state index in [0.717, 1.165) is 0 Å². The number of sulfone groups is 1. The lowest BCUT2D eigenvalue weighted by atomic mass is 9.97. The zero-order chi connectivity index (χ0) is 16.8. The quantitative estimate of drug-likeness (QED) is 0.555. The number of aliphatic imine (C=N–C) groups is 1. The second-order valence-corrected chi connectivity index (χ2v) is 7.37. The normalized spacial score (nSPS) is 20.4. The molecule has 2 aliphatic rings. The lowest BCUT2D eigenvalue weighted by Gasteiger charge is -2.22. The van der Waals surface area contributed by atoms with Gasteiger partial charge < -0.3 is 20.9 Å². The van der Waals surface area contributed by atoms with Gasteiger partial charge in [-0.1, -0.05) is 6.92 Å². The van der Waals surface area contributed by atoms with Crippen LogP contribution in [-0.2, 0) is 31.5 Å². The minimum Gasteiger partial charge on any atom is -0.370 e. The highest BCUT2D eigenvalue weighted by atomic mass is 32.2. The summed E-state index contributed by atoms with van der Waals surface area (Å²) >= 11 is 0. The fraction of sp³-hybridized carbons (Fsp3) is 0.429. The second kappa shape index (κ2) is 5.29. The highest BCUT2D eigenvalue weighted by Gasteiger charge is 2.52. The lowest BCUT2D eigenvalue weighted by molar-refractivity contribution is -0.145. The van der Waals surface area contributed by atoms with Gasteiger partial charge >= 0.3 is 0 Å². The molecule has 8 nitrogen and oxygen atoms in total. The Morgan fingerprint density at radius 2 is 1.96 bits per heavy atom. The van der Waals surface area contributed by atoms with Crippen molar-refractivity contribution in [1.29, 1.82) is 0 Å². The molecule has 1 spiro atoms. The summed E-state index contributed by atoms with van der Waals surface area (Å²) in [5, 5.41) is 0. The summed E-state index contributed by atoms with van der Waals surface area (Å²) in [6.45, 7) is 2.50. The monoisotopic (exact) mass is 339 g/mol. The molecule has 1 aromatic rings. The van der Waals surface area contributed by atoms with Crippen LogP contribution in [0.2, 0.25) is 0 Å². The molecule has 1 amide bonds. The minimum atomic E-state index is -3.62. The third kappa shape index (κ3) is 2.50. The molecule has 2 heterocycles. The first-order chi connectivity index (χ1) is 10.8. The van der Waals surface area contributed by atoms with E-state index in [2.05, 4.69) is 4.99 Å². The molecule has 0 saturated carbocycles. The van der Waals surface area contributed by atoms with Crippen LogP contribution in [0.25, 0.3) is 0 Å². The van der Waals surface area contributed by atoms with E-state index in [1.807, 2.05) is 6.92 Å². The van der Waals surface area contributed by atoms with Crippen LogP contribution in [0.3, 0.4) is 0 Å². The number of hydrogen-bond donors (Lipinski definition) is 2. The van der Waals surface area contributed by atoms with Crippen LogP contribution >= 0.6 is 0 Å². The number of fused-ring (bicyclic) bond motifs is 2. The minimum absolute atomic E-state index is 0.0331. The van der Waals surface area contributed by atoms with Crippen molar-refractivity contribution in [2.75, 3.05) is 19.0 Å². The number of hydrogen-bond acceptors (Lipinski definition) is 5. The Morgan fingerprint density at radius 1 is 1.30 bits per heavy atom. The van der Waals surface area contributed by atoms with E-state index in [-0.39, 0.29) is 22.2 Å². The molecule has 23 heavy (non-hydrogen) atoms.